The van der Waals surface area contributed by atoms with Crippen molar-refractivity contribution >= 4 is 16.7 Å². The molecular formula is C14H14O3. The normalized spacial score (nSPS) is 10.2. The molecule has 0 amide bonds. The van der Waals surface area contributed by atoms with Crippen molar-refractivity contribution in [2.24, 2.45) is 0 Å². The van der Waals surface area contributed by atoms with Crippen LogP contribution in [0, 0.1) is 0 Å². The lowest BCUT2D eigenvalue weighted by Gasteiger charge is -2.09. The van der Waals surface area contributed by atoms with Crippen LogP contribution in [0.2, 0.25) is 0 Å². The van der Waals surface area contributed by atoms with Crippen LogP contribution in [-0.4, -0.2) is 19.7 Å². The summed E-state index contributed by atoms with van der Waals surface area (Å²) in [6, 6.07) is 11.3. The molecule has 17 heavy (non-hydrogen) atoms. The number of carbonyl (C=O) groups excluding carboxylic acids is 1. The lowest BCUT2D eigenvalue weighted by Crippen LogP contribution is -2.02. The van der Waals surface area contributed by atoms with Gasteiger partial charge in [0.25, 0.3) is 0 Å². The number of fused-ring (bicyclic) bond motifs is 1. The highest BCUT2D eigenvalue weighted by Gasteiger charge is 2.10. The highest BCUT2D eigenvalue weighted by atomic mass is 16.5. The Morgan fingerprint density at radius 3 is 2.71 bits per heavy atom. The smallest absolute Gasteiger partial charge is 0.338 e. The second-order valence-electron chi connectivity index (χ2n) is 3.62. The Hall–Kier alpha value is -2.03. The molecule has 0 bridgehead atoms. The first-order valence-electron chi connectivity index (χ1n) is 5.50. The largest absolute Gasteiger partial charge is 0.493 e. The molecule has 0 aromatic heterocycles. The van der Waals surface area contributed by atoms with Gasteiger partial charge in [-0.2, -0.15) is 0 Å². The molecule has 0 saturated carbocycles. The van der Waals surface area contributed by atoms with E-state index < -0.39 is 0 Å². The predicted octanol–water partition coefficient (Wildman–Crippen LogP) is 3.03. The van der Waals surface area contributed by atoms with Crippen LogP contribution in [0.3, 0.4) is 0 Å². The van der Waals surface area contributed by atoms with E-state index in [-0.39, 0.29) is 5.97 Å². The number of esters is 1. The Morgan fingerprint density at radius 1 is 1.24 bits per heavy atom. The van der Waals surface area contributed by atoms with Crippen LogP contribution < -0.4 is 4.74 Å². The number of hydrogen-bond acceptors (Lipinski definition) is 3. The molecule has 0 radical (unpaired) electrons. The fourth-order valence-electron chi connectivity index (χ4n) is 1.79. The van der Waals surface area contributed by atoms with Gasteiger partial charge in [0.15, 0.2) is 0 Å². The van der Waals surface area contributed by atoms with Crippen LogP contribution >= 0.6 is 0 Å². The average molecular weight is 230 g/mol. The van der Waals surface area contributed by atoms with E-state index in [1.807, 2.05) is 37.3 Å². The first-order chi connectivity index (χ1) is 8.26. The van der Waals surface area contributed by atoms with Crippen LogP contribution in [0.25, 0.3) is 10.8 Å². The Kier molecular flexibility index (Phi) is 3.28. The van der Waals surface area contributed by atoms with Gasteiger partial charge in [0.05, 0.1) is 19.3 Å². The molecule has 0 N–H and O–H groups in total. The summed E-state index contributed by atoms with van der Waals surface area (Å²) < 4.78 is 10.3. The van der Waals surface area contributed by atoms with Crippen molar-refractivity contribution in [3.8, 4) is 5.75 Å². The summed E-state index contributed by atoms with van der Waals surface area (Å²) in [5.74, 6) is 0.364. The zero-order valence-corrected chi connectivity index (χ0v) is 9.90. The maximum atomic E-state index is 11.5. The molecule has 2 aromatic carbocycles. The van der Waals surface area contributed by atoms with Crippen LogP contribution in [0.15, 0.2) is 36.4 Å². The molecule has 0 heterocycles. The second-order valence-corrected chi connectivity index (χ2v) is 3.62. The fraction of sp³-hybridized carbons (Fsp3) is 0.214. The van der Waals surface area contributed by atoms with Gasteiger partial charge in [-0.05, 0) is 24.4 Å². The highest BCUT2D eigenvalue weighted by Crippen LogP contribution is 2.27. The Labute approximate surface area is 100.0 Å². The molecular weight excluding hydrogens is 216 g/mol. The van der Waals surface area contributed by atoms with Gasteiger partial charge in [-0.1, -0.05) is 24.3 Å². The van der Waals surface area contributed by atoms with Gasteiger partial charge in [-0.15, -0.1) is 0 Å². The zero-order chi connectivity index (χ0) is 12.3. The standard InChI is InChI=1S/C14H14O3/c1-3-17-13-9-11(14(15)16-2)8-10-6-4-5-7-12(10)13/h4-9H,3H2,1-2H3. The van der Waals surface area contributed by atoms with Crippen molar-refractivity contribution in [1.82, 2.24) is 0 Å². The Bertz CT molecular complexity index is 546. The van der Waals surface area contributed by atoms with E-state index in [0.29, 0.717) is 17.9 Å². The van der Waals surface area contributed by atoms with Crippen molar-refractivity contribution < 1.29 is 14.3 Å². The van der Waals surface area contributed by atoms with Crippen LogP contribution in [0.5, 0.6) is 5.75 Å². The summed E-state index contributed by atoms with van der Waals surface area (Å²) in [6.07, 6.45) is 0. The molecule has 0 saturated heterocycles. The van der Waals surface area contributed by atoms with Crippen molar-refractivity contribution in [3.05, 3.63) is 42.0 Å². The van der Waals surface area contributed by atoms with Gasteiger partial charge in [0, 0.05) is 5.39 Å². The van der Waals surface area contributed by atoms with Crippen molar-refractivity contribution in [3.63, 3.8) is 0 Å². The monoisotopic (exact) mass is 230 g/mol. The molecule has 2 rings (SSSR count). The van der Waals surface area contributed by atoms with Crippen molar-refractivity contribution in [1.29, 1.82) is 0 Å². The zero-order valence-electron chi connectivity index (χ0n) is 9.90. The number of methoxy groups -OCH3 is 1. The maximum absolute atomic E-state index is 11.5. The number of ether oxygens (including phenoxy) is 2. The van der Waals surface area contributed by atoms with E-state index in [1.165, 1.54) is 7.11 Å². The van der Waals surface area contributed by atoms with E-state index in [4.69, 9.17) is 9.47 Å². The first-order valence-corrected chi connectivity index (χ1v) is 5.50. The summed E-state index contributed by atoms with van der Waals surface area (Å²) >= 11 is 0. The molecule has 0 aliphatic rings. The summed E-state index contributed by atoms with van der Waals surface area (Å²) in [4.78, 5) is 11.5. The van der Waals surface area contributed by atoms with Crippen molar-refractivity contribution in [2.45, 2.75) is 6.92 Å². The number of hydrogen-bond donors (Lipinski definition) is 0. The topological polar surface area (TPSA) is 35.5 Å². The third-order valence-corrected chi connectivity index (χ3v) is 2.54. The number of carbonyl (C=O) groups is 1. The fourth-order valence-corrected chi connectivity index (χ4v) is 1.79. The SMILES string of the molecule is CCOc1cc(C(=O)OC)cc2ccccc12. The molecule has 3 heteroatoms. The number of rotatable bonds is 3. The number of benzene rings is 2. The molecule has 0 aliphatic heterocycles. The average Bonchev–Trinajstić information content (AvgIpc) is 2.38. The van der Waals surface area contributed by atoms with Gasteiger partial charge >= 0.3 is 5.97 Å². The molecule has 0 fully saturated rings. The van der Waals surface area contributed by atoms with Gasteiger partial charge < -0.3 is 9.47 Å². The summed E-state index contributed by atoms with van der Waals surface area (Å²) in [5.41, 5.74) is 0.509. The highest BCUT2D eigenvalue weighted by molar-refractivity contribution is 5.98. The van der Waals surface area contributed by atoms with Gasteiger partial charge in [0.2, 0.25) is 0 Å². The van der Waals surface area contributed by atoms with E-state index in [0.717, 1.165) is 10.8 Å². The van der Waals surface area contributed by atoms with E-state index in [9.17, 15) is 4.79 Å². The van der Waals surface area contributed by atoms with E-state index >= 15 is 0 Å². The first kappa shape index (κ1) is 11.5. The van der Waals surface area contributed by atoms with E-state index in [1.54, 1.807) is 6.07 Å². The van der Waals surface area contributed by atoms with Crippen LogP contribution in [-0.2, 0) is 4.74 Å². The van der Waals surface area contributed by atoms with Crippen LogP contribution in [0.1, 0.15) is 17.3 Å². The maximum Gasteiger partial charge on any atom is 0.338 e. The molecule has 0 spiro atoms. The lowest BCUT2D eigenvalue weighted by atomic mass is 10.1. The quantitative estimate of drug-likeness (QED) is 0.760. The lowest BCUT2D eigenvalue weighted by molar-refractivity contribution is 0.0600. The van der Waals surface area contributed by atoms with E-state index in [2.05, 4.69) is 0 Å². The predicted molar refractivity (Wildman–Crippen MR) is 66.5 cm³/mol. The Morgan fingerprint density at radius 2 is 2.00 bits per heavy atom. The van der Waals surface area contributed by atoms with Crippen molar-refractivity contribution in [2.75, 3.05) is 13.7 Å². The third kappa shape index (κ3) is 2.23. The molecule has 0 aliphatic carbocycles. The third-order valence-electron chi connectivity index (χ3n) is 2.54. The minimum absolute atomic E-state index is 0.350. The minimum Gasteiger partial charge on any atom is -0.493 e. The minimum atomic E-state index is -0.350. The van der Waals surface area contributed by atoms with Gasteiger partial charge in [-0.3, -0.25) is 0 Å². The van der Waals surface area contributed by atoms with Gasteiger partial charge in [0.1, 0.15) is 5.75 Å². The molecule has 88 valence electrons. The molecule has 0 unspecified atom stereocenters. The summed E-state index contributed by atoms with van der Waals surface area (Å²) in [6.45, 7) is 2.48. The Balaban J connectivity index is 2.62. The molecule has 2 aromatic rings. The summed E-state index contributed by atoms with van der Waals surface area (Å²) in [7, 11) is 1.37. The van der Waals surface area contributed by atoms with Gasteiger partial charge in [-0.25, -0.2) is 4.79 Å². The molecule has 3 nitrogen and oxygen atoms in total. The summed E-state index contributed by atoms with van der Waals surface area (Å²) in [5, 5.41) is 1.97. The second kappa shape index (κ2) is 4.87. The van der Waals surface area contributed by atoms with Crippen LogP contribution in [0.4, 0.5) is 0 Å². The molecule has 0 atom stereocenters.